The molecule has 1 N–H and O–H groups in total. The first-order valence-electron chi connectivity index (χ1n) is 11.2. The number of anilines is 1. The number of methoxy groups -OCH3 is 1. The molecule has 3 aromatic carbocycles. The van der Waals surface area contributed by atoms with Crippen molar-refractivity contribution in [2.75, 3.05) is 12.4 Å². The van der Waals surface area contributed by atoms with Gasteiger partial charge in [-0.05, 0) is 56.2 Å². The largest absolute Gasteiger partial charge is 0.497 e. The average molecular weight is 506 g/mol. The van der Waals surface area contributed by atoms with Crippen LogP contribution in [-0.4, -0.2) is 35.0 Å². The molecule has 0 saturated carbocycles. The third-order valence-electron chi connectivity index (χ3n) is 5.86. The number of ketones is 1. The Balaban J connectivity index is 1.56. The molecule has 1 amide bonds. The van der Waals surface area contributed by atoms with Gasteiger partial charge in [0, 0.05) is 28.9 Å². The number of carbonyl (C=O) groups excluding carboxylic acids is 2. The Bertz CT molecular complexity index is 1410. The van der Waals surface area contributed by atoms with Crippen LogP contribution < -0.4 is 10.1 Å². The molecular weight excluding hydrogens is 482 g/mol. The average Bonchev–Trinajstić information content (AvgIpc) is 2.83. The summed E-state index contributed by atoms with van der Waals surface area (Å²) in [5.41, 5.74) is 2.82. The van der Waals surface area contributed by atoms with Gasteiger partial charge in [0.2, 0.25) is 0 Å². The summed E-state index contributed by atoms with van der Waals surface area (Å²) in [5.74, 6) is -0.0875. The molecule has 0 saturated heterocycles. The van der Waals surface area contributed by atoms with Crippen molar-refractivity contribution in [2.24, 2.45) is 4.99 Å². The number of halogens is 1. The minimum Gasteiger partial charge on any atom is -0.497 e. The lowest BCUT2D eigenvalue weighted by atomic mass is 9.85. The van der Waals surface area contributed by atoms with E-state index in [9.17, 15) is 19.7 Å². The number of nitro benzene ring substituents is 1. The number of fused-ring (bicyclic) bond motifs is 1. The Morgan fingerprint density at radius 2 is 1.92 bits per heavy atom. The van der Waals surface area contributed by atoms with Crippen LogP contribution in [0.15, 0.2) is 65.7 Å². The van der Waals surface area contributed by atoms with Gasteiger partial charge in [-0.1, -0.05) is 29.8 Å². The number of hydrogen-bond donors (Lipinski definition) is 1. The quantitative estimate of drug-likeness (QED) is 0.244. The van der Waals surface area contributed by atoms with Crippen molar-refractivity contribution in [3.63, 3.8) is 0 Å². The molecule has 3 aromatic rings. The first kappa shape index (κ1) is 25.1. The summed E-state index contributed by atoms with van der Waals surface area (Å²) in [4.78, 5) is 41.3. The van der Waals surface area contributed by atoms with Crippen molar-refractivity contribution in [1.29, 1.82) is 0 Å². The summed E-state index contributed by atoms with van der Waals surface area (Å²) in [6.07, 6.45) is 0.837. The van der Waals surface area contributed by atoms with Crippen LogP contribution in [0.3, 0.4) is 0 Å². The number of nitrogens with one attached hydrogen (secondary N) is 1. The highest BCUT2D eigenvalue weighted by Crippen LogP contribution is 2.31. The van der Waals surface area contributed by atoms with Crippen LogP contribution in [0, 0.1) is 10.1 Å². The molecule has 0 radical (unpaired) electrons. The van der Waals surface area contributed by atoms with E-state index in [1.165, 1.54) is 12.1 Å². The fourth-order valence-corrected chi connectivity index (χ4v) is 4.40. The fraction of sp³-hybridized carbons (Fsp3) is 0.222. The second kappa shape index (κ2) is 9.91. The molecule has 1 aliphatic heterocycles. The number of nitro groups is 1. The van der Waals surface area contributed by atoms with Crippen LogP contribution in [0.25, 0.3) is 0 Å². The van der Waals surface area contributed by atoms with Gasteiger partial charge >= 0.3 is 0 Å². The van der Waals surface area contributed by atoms with Crippen molar-refractivity contribution in [2.45, 2.75) is 32.2 Å². The number of rotatable bonds is 7. The second-order valence-electron chi connectivity index (χ2n) is 9.13. The summed E-state index contributed by atoms with van der Waals surface area (Å²) < 4.78 is 5.36. The minimum atomic E-state index is -0.618. The third kappa shape index (κ3) is 5.44. The van der Waals surface area contributed by atoms with Crippen molar-refractivity contribution < 1.29 is 19.2 Å². The van der Waals surface area contributed by atoms with Crippen LogP contribution in [0.5, 0.6) is 5.75 Å². The Hall–Kier alpha value is -4.04. The van der Waals surface area contributed by atoms with E-state index >= 15 is 0 Å². The van der Waals surface area contributed by atoms with Crippen molar-refractivity contribution in [3.05, 3.63) is 98.1 Å². The van der Waals surface area contributed by atoms with Gasteiger partial charge in [-0.3, -0.25) is 24.7 Å². The number of Topliss-reactive ketones (excluding diaryl/α,β-unsaturated/α-hetero) is 1. The predicted molar refractivity (Wildman–Crippen MR) is 139 cm³/mol. The van der Waals surface area contributed by atoms with Crippen LogP contribution in [0.2, 0.25) is 5.02 Å². The summed E-state index contributed by atoms with van der Waals surface area (Å²) >= 11 is 6.08. The maximum Gasteiger partial charge on any atom is 0.270 e. The smallest absolute Gasteiger partial charge is 0.270 e. The molecule has 36 heavy (non-hydrogen) atoms. The molecule has 8 nitrogen and oxygen atoms in total. The molecule has 9 heteroatoms. The maximum absolute atomic E-state index is 13.2. The highest BCUT2D eigenvalue weighted by atomic mass is 35.5. The molecule has 0 fully saturated rings. The summed E-state index contributed by atoms with van der Waals surface area (Å²) in [6, 6.07) is 15.9. The third-order valence-corrected chi connectivity index (χ3v) is 6.19. The Morgan fingerprint density at radius 3 is 2.64 bits per heavy atom. The summed E-state index contributed by atoms with van der Waals surface area (Å²) in [5, 5.41) is 13.8. The molecule has 0 aliphatic carbocycles. The number of non-ortho nitro benzene ring substituents is 1. The molecule has 1 aliphatic rings. The zero-order valence-corrected chi connectivity index (χ0v) is 20.8. The number of nitrogens with zero attached hydrogens (tertiary/aromatic N) is 2. The highest BCUT2D eigenvalue weighted by molar-refractivity contribution is 6.34. The van der Waals surface area contributed by atoms with Gasteiger partial charge < -0.3 is 10.1 Å². The molecular formula is C27H24ClN3O5. The molecule has 184 valence electrons. The van der Waals surface area contributed by atoms with E-state index in [1.54, 1.807) is 31.4 Å². The van der Waals surface area contributed by atoms with E-state index in [2.05, 4.69) is 5.32 Å². The number of benzene rings is 3. The minimum absolute atomic E-state index is 0.0352. The van der Waals surface area contributed by atoms with Gasteiger partial charge in [0.25, 0.3) is 11.6 Å². The van der Waals surface area contributed by atoms with Gasteiger partial charge in [0.05, 0.1) is 40.3 Å². The zero-order valence-electron chi connectivity index (χ0n) is 20.0. The zero-order chi connectivity index (χ0) is 26.0. The van der Waals surface area contributed by atoms with E-state index in [1.807, 2.05) is 32.0 Å². The van der Waals surface area contributed by atoms with E-state index in [0.717, 1.165) is 23.6 Å². The molecule has 0 unspecified atom stereocenters. The summed E-state index contributed by atoms with van der Waals surface area (Å²) in [7, 11) is 1.59. The predicted octanol–water partition coefficient (Wildman–Crippen LogP) is 5.91. The SMILES string of the molecule is COc1ccc2c(c1)C(CC(=O)c1cccc(NC(=O)c3cc([N+](=O)[O-])ccc3Cl)c1)=NC(C)(C)C2. The lowest BCUT2D eigenvalue weighted by Crippen LogP contribution is -2.30. The van der Waals surface area contributed by atoms with Crippen molar-refractivity contribution >= 4 is 40.4 Å². The fourth-order valence-electron chi connectivity index (χ4n) is 4.20. The number of ether oxygens (including phenoxy) is 1. The normalized spacial score (nSPS) is 13.8. The van der Waals surface area contributed by atoms with Gasteiger partial charge in [0.15, 0.2) is 5.78 Å². The van der Waals surface area contributed by atoms with E-state index < -0.39 is 10.8 Å². The molecule has 1 heterocycles. The standard InChI is InChI=1S/C27H24ClN3O5/c1-27(2)15-17-7-9-20(36-3)13-21(17)24(30-27)14-25(32)16-5-4-6-18(11-16)29-26(33)22-12-19(31(34)35)8-10-23(22)28/h4-13H,14-15H2,1-3H3,(H,29,33). The number of amides is 1. The van der Waals surface area contributed by atoms with Crippen molar-refractivity contribution in [3.8, 4) is 5.75 Å². The molecule has 0 bridgehead atoms. The van der Waals surface area contributed by atoms with Gasteiger partial charge in [-0.15, -0.1) is 0 Å². The Morgan fingerprint density at radius 1 is 1.14 bits per heavy atom. The monoisotopic (exact) mass is 505 g/mol. The molecule has 0 aromatic heterocycles. The number of hydrogen-bond acceptors (Lipinski definition) is 6. The highest BCUT2D eigenvalue weighted by Gasteiger charge is 2.28. The topological polar surface area (TPSA) is 111 Å². The van der Waals surface area contributed by atoms with Crippen LogP contribution >= 0.6 is 11.6 Å². The maximum atomic E-state index is 13.2. The lowest BCUT2D eigenvalue weighted by Gasteiger charge is -2.29. The molecule has 4 rings (SSSR count). The molecule has 0 spiro atoms. The van der Waals surface area contributed by atoms with Crippen molar-refractivity contribution in [1.82, 2.24) is 0 Å². The second-order valence-corrected chi connectivity index (χ2v) is 9.53. The van der Waals surface area contributed by atoms with Crippen LogP contribution in [0.4, 0.5) is 11.4 Å². The van der Waals surface area contributed by atoms with Crippen LogP contribution in [0.1, 0.15) is 52.1 Å². The van der Waals surface area contributed by atoms with E-state index in [-0.39, 0.29) is 34.0 Å². The van der Waals surface area contributed by atoms with E-state index in [0.29, 0.717) is 22.7 Å². The van der Waals surface area contributed by atoms with Gasteiger partial charge in [0.1, 0.15) is 5.75 Å². The first-order valence-corrected chi connectivity index (χ1v) is 11.6. The number of carbonyl (C=O) groups is 2. The van der Waals surface area contributed by atoms with Crippen LogP contribution in [-0.2, 0) is 6.42 Å². The Labute approximate surface area is 213 Å². The van der Waals surface area contributed by atoms with E-state index in [4.69, 9.17) is 21.3 Å². The number of aliphatic imine (C=N–C) groups is 1. The van der Waals surface area contributed by atoms with Gasteiger partial charge in [-0.25, -0.2) is 0 Å². The molecule has 0 atom stereocenters. The first-order chi connectivity index (χ1) is 17.1. The Kier molecular flexibility index (Phi) is 6.90. The van der Waals surface area contributed by atoms with Gasteiger partial charge in [-0.2, -0.15) is 0 Å². The lowest BCUT2D eigenvalue weighted by molar-refractivity contribution is -0.384. The summed E-state index contributed by atoms with van der Waals surface area (Å²) in [6.45, 7) is 4.06.